The number of hydrogen-bond donors (Lipinski definition) is 0. The molecule has 0 saturated heterocycles. The Bertz CT molecular complexity index is 2230. The van der Waals surface area contributed by atoms with E-state index in [0.717, 1.165) is 44.5 Å². The molecule has 3 nitrogen and oxygen atoms in total. The second kappa shape index (κ2) is 10.1. The molecule has 0 fully saturated rings. The van der Waals surface area contributed by atoms with Crippen LogP contribution in [0.2, 0.25) is 0 Å². The molecule has 0 atom stereocenters. The lowest BCUT2D eigenvalue weighted by Crippen LogP contribution is -1.93. The van der Waals surface area contributed by atoms with Gasteiger partial charge in [0.2, 0.25) is 0 Å². The summed E-state index contributed by atoms with van der Waals surface area (Å²) >= 11 is 0. The van der Waals surface area contributed by atoms with Crippen molar-refractivity contribution in [2.75, 3.05) is 0 Å². The predicted molar refractivity (Wildman–Crippen MR) is 174 cm³/mol. The van der Waals surface area contributed by atoms with Crippen molar-refractivity contribution in [1.82, 2.24) is 15.0 Å². The predicted octanol–water partition coefficient (Wildman–Crippen LogP) is 10.00. The molecule has 5 aromatic carbocycles. The standard InChI is InChI=1S/C39H25N3/c1-3-11-31-26(7-1)9-5-13-33(31)29-15-18-38-36(23-29)35(30-16-17-37(41-25-30)28-19-21-40-22-20-28)24-39(42-38)34-14-6-10-27-8-2-4-12-32(27)34/h1-25H. The summed E-state index contributed by atoms with van der Waals surface area (Å²) in [7, 11) is 0. The molecule has 0 N–H and O–H groups in total. The maximum Gasteiger partial charge on any atom is 0.0722 e. The fourth-order valence-corrected chi connectivity index (χ4v) is 5.94. The van der Waals surface area contributed by atoms with Gasteiger partial charge >= 0.3 is 0 Å². The third-order valence-corrected chi connectivity index (χ3v) is 8.03. The zero-order chi connectivity index (χ0) is 27.9. The van der Waals surface area contributed by atoms with E-state index in [0.29, 0.717) is 0 Å². The second-order valence-corrected chi connectivity index (χ2v) is 10.5. The van der Waals surface area contributed by atoms with Crippen LogP contribution in [0.15, 0.2) is 152 Å². The molecule has 0 aliphatic rings. The average molecular weight is 536 g/mol. The number of benzene rings is 5. The van der Waals surface area contributed by atoms with Gasteiger partial charge in [0, 0.05) is 40.7 Å². The first-order chi connectivity index (χ1) is 20.8. The molecular formula is C39H25N3. The Kier molecular flexibility index (Phi) is 5.79. The highest BCUT2D eigenvalue weighted by molar-refractivity contribution is 6.04. The maximum absolute atomic E-state index is 5.22. The van der Waals surface area contributed by atoms with Crippen molar-refractivity contribution in [2.24, 2.45) is 0 Å². The van der Waals surface area contributed by atoms with Gasteiger partial charge in [0.25, 0.3) is 0 Å². The Morgan fingerprint density at radius 2 is 1.07 bits per heavy atom. The van der Waals surface area contributed by atoms with E-state index in [1.807, 2.05) is 18.3 Å². The molecule has 196 valence electrons. The smallest absolute Gasteiger partial charge is 0.0722 e. The van der Waals surface area contributed by atoms with Crippen LogP contribution in [0.5, 0.6) is 0 Å². The molecule has 3 heterocycles. The quantitative estimate of drug-likeness (QED) is 0.225. The Labute approximate surface area is 243 Å². The van der Waals surface area contributed by atoms with Gasteiger partial charge in [-0.05, 0) is 74.6 Å². The Hall–Kier alpha value is -5.67. The largest absolute Gasteiger partial charge is 0.265 e. The molecular weight excluding hydrogens is 510 g/mol. The minimum Gasteiger partial charge on any atom is -0.265 e. The van der Waals surface area contributed by atoms with Crippen LogP contribution >= 0.6 is 0 Å². The highest BCUT2D eigenvalue weighted by atomic mass is 14.7. The van der Waals surface area contributed by atoms with E-state index in [9.17, 15) is 0 Å². The van der Waals surface area contributed by atoms with E-state index in [1.54, 1.807) is 12.4 Å². The van der Waals surface area contributed by atoms with Crippen molar-refractivity contribution < 1.29 is 0 Å². The van der Waals surface area contributed by atoms with Crippen LogP contribution in [0.4, 0.5) is 0 Å². The van der Waals surface area contributed by atoms with E-state index in [2.05, 4.69) is 126 Å². The van der Waals surface area contributed by atoms with E-state index in [-0.39, 0.29) is 0 Å². The van der Waals surface area contributed by atoms with Gasteiger partial charge < -0.3 is 0 Å². The number of aromatic nitrogens is 3. The first kappa shape index (κ1) is 24.2. The summed E-state index contributed by atoms with van der Waals surface area (Å²) in [6.45, 7) is 0. The summed E-state index contributed by atoms with van der Waals surface area (Å²) in [5, 5.41) is 5.97. The highest BCUT2D eigenvalue weighted by Gasteiger charge is 2.14. The third kappa shape index (κ3) is 4.20. The molecule has 0 aliphatic carbocycles. The zero-order valence-electron chi connectivity index (χ0n) is 22.8. The van der Waals surface area contributed by atoms with Crippen LogP contribution in [-0.4, -0.2) is 15.0 Å². The molecule has 3 heteroatoms. The molecule has 3 aromatic heterocycles. The number of hydrogen-bond acceptors (Lipinski definition) is 3. The van der Waals surface area contributed by atoms with Crippen molar-refractivity contribution in [3.63, 3.8) is 0 Å². The Balaban J connectivity index is 1.36. The lowest BCUT2D eigenvalue weighted by atomic mass is 9.93. The van der Waals surface area contributed by atoms with Crippen LogP contribution < -0.4 is 0 Å². The monoisotopic (exact) mass is 535 g/mol. The fourth-order valence-electron chi connectivity index (χ4n) is 5.94. The van der Waals surface area contributed by atoms with Crippen LogP contribution in [0.3, 0.4) is 0 Å². The summed E-state index contributed by atoms with van der Waals surface area (Å²) in [5.41, 5.74) is 9.54. The SMILES string of the molecule is c1ccc2c(-c3ccc4nc(-c5cccc6ccccc56)cc(-c5ccc(-c6ccncc6)nc5)c4c3)cccc2c1. The van der Waals surface area contributed by atoms with Gasteiger partial charge in [-0.2, -0.15) is 0 Å². The zero-order valence-corrected chi connectivity index (χ0v) is 22.8. The Morgan fingerprint density at radius 1 is 0.405 bits per heavy atom. The molecule has 0 saturated carbocycles. The summed E-state index contributed by atoms with van der Waals surface area (Å²) in [6.07, 6.45) is 5.57. The second-order valence-electron chi connectivity index (χ2n) is 10.5. The molecule has 42 heavy (non-hydrogen) atoms. The maximum atomic E-state index is 5.22. The van der Waals surface area contributed by atoms with E-state index in [4.69, 9.17) is 9.97 Å². The van der Waals surface area contributed by atoms with Crippen molar-refractivity contribution in [3.8, 4) is 44.8 Å². The van der Waals surface area contributed by atoms with Gasteiger partial charge in [-0.15, -0.1) is 0 Å². The highest BCUT2D eigenvalue weighted by Crippen LogP contribution is 2.38. The van der Waals surface area contributed by atoms with Crippen LogP contribution in [0.25, 0.3) is 77.2 Å². The van der Waals surface area contributed by atoms with Crippen LogP contribution in [0.1, 0.15) is 0 Å². The van der Waals surface area contributed by atoms with Gasteiger partial charge in [0.15, 0.2) is 0 Å². The van der Waals surface area contributed by atoms with Crippen LogP contribution in [-0.2, 0) is 0 Å². The minimum absolute atomic E-state index is 0.922. The van der Waals surface area contributed by atoms with Gasteiger partial charge in [0.1, 0.15) is 0 Å². The average Bonchev–Trinajstić information content (AvgIpc) is 3.07. The number of pyridine rings is 3. The summed E-state index contributed by atoms with van der Waals surface area (Å²) in [6, 6.07) is 47.0. The molecule has 0 amide bonds. The van der Waals surface area contributed by atoms with E-state index < -0.39 is 0 Å². The molecule has 0 spiro atoms. The molecule has 0 radical (unpaired) electrons. The summed E-state index contributed by atoms with van der Waals surface area (Å²) in [4.78, 5) is 14.2. The first-order valence-electron chi connectivity index (χ1n) is 14.1. The molecule has 8 rings (SSSR count). The number of fused-ring (bicyclic) bond motifs is 3. The van der Waals surface area contributed by atoms with Gasteiger partial charge in [-0.25, -0.2) is 4.98 Å². The van der Waals surface area contributed by atoms with Crippen molar-refractivity contribution in [2.45, 2.75) is 0 Å². The normalized spacial score (nSPS) is 11.3. The van der Waals surface area contributed by atoms with Crippen molar-refractivity contribution >= 4 is 32.4 Å². The van der Waals surface area contributed by atoms with Gasteiger partial charge in [-0.3, -0.25) is 9.97 Å². The van der Waals surface area contributed by atoms with E-state index in [1.165, 1.54) is 32.7 Å². The van der Waals surface area contributed by atoms with Crippen LogP contribution in [0, 0.1) is 0 Å². The first-order valence-corrected chi connectivity index (χ1v) is 14.1. The van der Waals surface area contributed by atoms with Crippen molar-refractivity contribution in [3.05, 3.63) is 152 Å². The van der Waals surface area contributed by atoms with Gasteiger partial charge in [-0.1, -0.05) is 97.1 Å². The third-order valence-electron chi connectivity index (χ3n) is 8.03. The number of nitrogens with zero attached hydrogens (tertiary/aromatic N) is 3. The van der Waals surface area contributed by atoms with Crippen molar-refractivity contribution in [1.29, 1.82) is 0 Å². The number of rotatable bonds is 4. The molecule has 8 aromatic rings. The molecule has 0 unspecified atom stereocenters. The topological polar surface area (TPSA) is 38.7 Å². The summed E-state index contributed by atoms with van der Waals surface area (Å²) in [5.74, 6) is 0. The lowest BCUT2D eigenvalue weighted by molar-refractivity contribution is 1.29. The minimum atomic E-state index is 0.922. The molecule has 0 aliphatic heterocycles. The lowest BCUT2D eigenvalue weighted by Gasteiger charge is -2.14. The van der Waals surface area contributed by atoms with E-state index >= 15 is 0 Å². The summed E-state index contributed by atoms with van der Waals surface area (Å²) < 4.78 is 0. The fraction of sp³-hybridized carbons (Fsp3) is 0. The van der Waals surface area contributed by atoms with Gasteiger partial charge in [0.05, 0.1) is 16.9 Å². The molecule has 0 bridgehead atoms. The Morgan fingerprint density at radius 3 is 1.81 bits per heavy atom.